The molecule has 2 nitrogen and oxygen atoms in total. The molecular formula is C12H15BrO2S. The molecular weight excluding hydrogens is 288 g/mol. The minimum atomic E-state index is -3.18. The van der Waals surface area contributed by atoms with E-state index < -0.39 is 9.84 Å². The summed E-state index contributed by atoms with van der Waals surface area (Å²) in [5.41, 5.74) is 0.817. The molecule has 0 spiro atoms. The molecule has 1 rings (SSSR count). The van der Waals surface area contributed by atoms with Crippen LogP contribution >= 0.6 is 15.9 Å². The molecule has 1 aromatic rings. The Labute approximate surface area is 105 Å². The van der Waals surface area contributed by atoms with Gasteiger partial charge in [-0.25, -0.2) is 8.42 Å². The van der Waals surface area contributed by atoms with Crippen molar-refractivity contribution < 1.29 is 8.42 Å². The summed E-state index contributed by atoms with van der Waals surface area (Å²) in [6, 6.07) is 9.21. The normalized spacial score (nSPS) is 14.8. The largest absolute Gasteiger partial charge is 0.224 e. The summed E-state index contributed by atoms with van der Waals surface area (Å²) in [7, 11) is -3.18. The van der Waals surface area contributed by atoms with Crippen molar-refractivity contribution in [3.63, 3.8) is 0 Å². The fourth-order valence-electron chi connectivity index (χ4n) is 1.33. The van der Waals surface area contributed by atoms with Crippen LogP contribution in [0.5, 0.6) is 0 Å². The number of alkyl halides is 1. The summed E-state index contributed by atoms with van der Waals surface area (Å²) in [5, 5.41) is 0. The second-order valence-corrected chi connectivity index (χ2v) is 7.31. The molecule has 1 atom stereocenters. The van der Waals surface area contributed by atoms with Crippen LogP contribution in [0.3, 0.4) is 0 Å². The SMILES string of the molecule is C/C(=C/C(C)Br)S(=O)(=O)Cc1ccccc1. The number of allylic oxidation sites excluding steroid dienone is 2. The molecule has 1 unspecified atom stereocenters. The van der Waals surface area contributed by atoms with Crippen LogP contribution in [-0.2, 0) is 15.6 Å². The Bertz CT molecular complexity index is 461. The Morgan fingerprint density at radius 1 is 1.38 bits per heavy atom. The highest BCUT2D eigenvalue weighted by Crippen LogP contribution is 2.16. The van der Waals surface area contributed by atoms with Gasteiger partial charge < -0.3 is 0 Å². The Morgan fingerprint density at radius 3 is 2.44 bits per heavy atom. The minimum absolute atomic E-state index is 0.0654. The van der Waals surface area contributed by atoms with E-state index in [2.05, 4.69) is 15.9 Å². The number of benzene rings is 1. The van der Waals surface area contributed by atoms with E-state index in [1.807, 2.05) is 37.3 Å². The zero-order chi connectivity index (χ0) is 12.2. The third-order valence-electron chi connectivity index (χ3n) is 2.15. The average Bonchev–Trinajstić information content (AvgIpc) is 2.17. The van der Waals surface area contributed by atoms with Crippen LogP contribution in [0, 0.1) is 0 Å². The Balaban J connectivity index is 2.89. The molecule has 1 aromatic carbocycles. The first-order chi connectivity index (χ1) is 7.42. The summed E-state index contributed by atoms with van der Waals surface area (Å²) in [4.78, 5) is 0.485. The third-order valence-corrected chi connectivity index (χ3v) is 4.25. The summed E-state index contributed by atoms with van der Waals surface area (Å²) < 4.78 is 23.9. The molecule has 0 aliphatic heterocycles. The van der Waals surface area contributed by atoms with Crippen LogP contribution in [0.1, 0.15) is 19.4 Å². The van der Waals surface area contributed by atoms with Crippen molar-refractivity contribution in [3.8, 4) is 0 Å². The number of sulfone groups is 1. The van der Waals surface area contributed by atoms with E-state index in [0.29, 0.717) is 4.91 Å². The van der Waals surface area contributed by atoms with Crippen LogP contribution in [0.2, 0.25) is 0 Å². The summed E-state index contributed by atoms with van der Waals surface area (Å²) in [6.45, 7) is 3.53. The predicted octanol–water partition coefficient (Wildman–Crippen LogP) is 3.29. The summed E-state index contributed by atoms with van der Waals surface area (Å²) in [5.74, 6) is 0.0654. The van der Waals surface area contributed by atoms with E-state index in [9.17, 15) is 8.42 Å². The highest BCUT2D eigenvalue weighted by molar-refractivity contribution is 9.09. The lowest BCUT2D eigenvalue weighted by Gasteiger charge is -2.05. The van der Waals surface area contributed by atoms with Gasteiger partial charge in [0.2, 0.25) is 0 Å². The van der Waals surface area contributed by atoms with Gasteiger partial charge in [0.05, 0.1) is 5.75 Å². The van der Waals surface area contributed by atoms with E-state index in [1.165, 1.54) is 0 Å². The fourth-order valence-corrected chi connectivity index (χ4v) is 3.18. The molecule has 88 valence electrons. The average molecular weight is 303 g/mol. The zero-order valence-electron chi connectivity index (χ0n) is 9.35. The van der Waals surface area contributed by atoms with Crippen molar-refractivity contribution in [2.45, 2.75) is 24.4 Å². The first kappa shape index (κ1) is 13.5. The monoisotopic (exact) mass is 302 g/mol. The standard InChI is InChI=1S/C12H15BrO2S/c1-10(13)8-11(2)16(14,15)9-12-6-4-3-5-7-12/h3-8,10H,9H2,1-2H3/b11-8-. The third kappa shape index (κ3) is 4.10. The zero-order valence-corrected chi connectivity index (χ0v) is 11.8. The molecule has 16 heavy (non-hydrogen) atoms. The molecule has 0 aromatic heterocycles. The van der Waals surface area contributed by atoms with Gasteiger partial charge in [-0.15, -0.1) is 0 Å². The summed E-state index contributed by atoms with van der Waals surface area (Å²) in [6.07, 6.45) is 1.71. The van der Waals surface area contributed by atoms with Gasteiger partial charge in [-0.2, -0.15) is 0 Å². The van der Waals surface area contributed by atoms with Gasteiger partial charge >= 0.3 is 0 Å². The van der Waals surface area contributed by atoms with Crippen molar-refractivity contribution in [1.82, 2.24) is 0 Å². The highest BCUT2D eigenvalue weighted by atomic mass is 79.9. The van der Waals surface area contributed by atoms with E-state index >= 15 is 0 Å². The Hall–Kier alpha value is -0.610. The van der Waals surface area contributed by atoms with Crippen molar-refractivity contribution in [3.05, 3.63) is 46.9 Å². The predicted molar refractivity (Wildman–Crippen MR) is 71.2 cm³/mol. The van der Waals surface area contributed by atoms with Crippen molar-refractivity contribution in [2.75, 3.05) is 0 Å². The van der Waals surface area contributed by atoms with E-state index in [1.54, 1.807) is 13.0 Å². The molecule has 0 heterocycles. The Morgan fingerprint density at radius 2 is 1.94 bits per heavy atom. The van der Waals surface area contributed by atoms with Gasteiger partial charge in [-0.3, -0.25) is 0 Å². The number of rotatable bonds is 4. The fraction of sp³-hybridized carbons (Fsp3) is 0.333. The Kier molecular flexibility index (Phi) is 4.74. The molecule has 0 fully saturated rings. The molecule has 0 radical (unpaired) electrons. The number of hydrogen-bond acceptors (Lipinski definition) is 2. The highest BCUT2D eigenvalue weighted by Gasteiger charge is 2.14. The smallest absolute Gasteiger partial charge is 0.178 e. The van der Waals surface area contributed by atoms with Crippen molar-refractivity contribution in [1.29, 1.82) is 0 Å². The summed E-state index contributed by atoms with van der Waals surface area (Å²) >= 11 is 3.31. The van der Waals surface area contributed by atoms with E-state index in [-0.39, 0.29) is 10.6 Å². The topological polar surface area (TPSA) is 34.1 Å². The first-order valence-electron chi connectivity index (χ1n) is 5.01. The van der Waals surface area contributed by atoms with Gasteiger partial charge in [0.15, 0.2) is 9.84 Å². The number of hydrogen-bond donors (Lipinski definition) is 0. The quantitative estimate of drug-likeness (QED) is 0.800. The second-order valence-electron chi connectivity index (χ2n) is 3.70. The maximum absolute atomic E-state index is 11.9. The van der Waals surface area contributed by atoms with Crippen LogP contribution in [0.15, 0.2) is 41.3 Å². The van der Waals surface area contributed by atoms with Crippen molar-refractivity contribution in [2.24, 2.45) is 0 Å². The molecule has 4 heteroatoms. The molecule has 0 saturated heterocycles. The molecule has 0 aliphatic carbocycles. The van der Waals surface area contributed by atoms with E-state index in [0.717, 1.165) is 5.56 Å². The maximum atomic E-state index is 11.9. The van der Waals surface area contributed by atoms with Gasteiger partial charge in [0, 0.05) is 9.73 Å². The molecule has 0 amide bonds. The van der Waals surface area contributed by atoms with Gasteiger partial charge in [-0.05, 0) is 19.4 Å². The first-order valence-corrected chi connectivity index (χ1v) is 7.58. The molecule has 0 aliphatic rings. The van der Waals surface area contributed by atoms with Gasteiger partial charge in [0.1, 0.15) is 0 Å². The maximum Gasteiger partial charge on any atom is 0.178 e. The second kappa shape index (κ2) is 5.64. The van der Waals surface area contributed by atoms with Gasteiger partial charge in [0.25, 0.3) is 0 Å². The van der Waals surface area contributed by atoms with E-state index in [4.69, 9.17) is 0 Å². The lowest BCUT2D eigenvalue weighted by atomic mass is 10.2. The van der Waals surface area contributed by atoms with Gasteiger partial charge in [-0.1, -0.05) is 52.3 Å². The van der Waals surface area contributed by atoms with Crippen LogP contribution in [0.4, 0.5) is 0 Å². The molecule has 0 N–H and O–H groups in total. The minimum Gasteiger partial charge on any atom is -0.224 e. The lowest BCUT2D eigenvalue weighted by Crippen LogP contribution is -2.06. The number of halogens is 1. The van der Waals surface area contributed by atoms with Crippen LogP contribution in [0.25, 0.3) is 0 Å². The van der Waals surface area contributed by atoms with Crippen LogP contribution in [-0.4, -0.2) is 13.2 Å². The van der Waals surface area contributed by atoms with Crippen LogP contribution < -0.4 is 0 Å². The van der Waals surface area contributed by atoms with Crippen molar-refractivity contribution >= 4 is 25.8 Å². The molecule has 0 saturated carbocycles. The lowest BCUT2D eigenvalue weighted by molar-refractivity contribution is 0.601. The molecule has 0 bridgehead atoms.